The Bertz CT molecular complexity index is 506. The van der Waals surface area contributed by atoms with E-state index in [9.17, 15) is 4.79 Å². The van der Waals surface area contributed by atoms with Crippen molar-refractivity contribution in [2.24, 2.45) is 0 Å². The fourth-order valence-corrected chi connectivity index (χ4v) is 1.61. The van der Waals surface area contributed by atoms with Gasteiger partial charge in [0.1, 0.15) is 5.52 Å². The Morgan fingerprint density at radius 2 is 2.40 bits per heavy atom. The minimum atomic E-state index is -0.349. The molecule has 2 aromatic rings. The summed E-state index contributed by atoms with van der Waals surface area (Å²) >= 11 is 3.12. The Morgan fingerprint density at radius 1 is 1.60 bits per heavy atom. The zero-order valence-corrected chi connectivity index (χ0v) is 9.58. The van der Waals surface area contributed by atoms with Gasteiger partial charge < -0.3 is 9.15 Å². The largest absolute Gasteiger partial charge is 0.462 e. The molecule has 0 unspecified atom stereocenters. The van der Waals surface area contributed by atoms with Crippen molar-refractivity contribution < 1.29 is 13.9 Å². The van der Waals surface area contributed by atoms with Crippen LogP contribution in [0.1, 0.15) is 17.3 Å². The molecule has 0 radical (unpaired) electrons. The lowest BCUT2D eigenvalue weighted by Crippen LogP contribution is -2.03. The first-order valence-corrected chi connectivity index (χ1v) is 5.23. The quantitative estimate of drug-likeness (QED) is 0.787. The van der Waals surface area contributed by atoms with E-state index in [1.807, 2.05) is 0 Å². The lowest BCUT2D eigenvalue weighted by atomic mass is 10.2. The molecular weight excluding hydrogens is 262 g/mol. The lowest BCUT2D eigenvalue weighted by Gasteiger charge is -2.00. The van der Waals surface area contributed by atoms with Crippen LogP contribution in [0.3, 0.4) is 0 Å². The second-order valence-electron chi connectivity index (χ2n) is 2.87. The monoisotopic (exact) mass is 269 g/mol. The van der Waals surface area contributed by atoms with Crippen LogP contribution in [0.5, 0.6) is 0 Å². The molecule has 15 heavy (non-hydrogen) atoms. The van der Waals surface area contributed by atoms with Crippen LogP contribution in [0.15, 0.2) is 27.4 Å². The lowest BCUT2D eigenvalue weighted by molar-refractivity contribution is 0.0526. The number of ether oxygens (including phenoxy) is 1. The van der Waals surface area contributed by atoms with Crippen molar-refractivity contribution in [2.75, 3.05) is 6.61 Å². The molecule has 0 spiro atoms. The molecule has 5 heteroatoms. The van der Waals surface area contributed by atoms with E-state index in [0.717, 1.165) is 0 Å². The van der Waals surface area contributed by atoms with Crippen molar-refractivity contribution in [1.29, 1.82) is 0 Å². The number of rotatable bonds is 2. The minimum absolute atomic E-state index is 0.349. The summed E-state index contributed by atoms with van der Waals surface area (Å²) in [6.45, 7) is 2.13. The average Bonchev–Trinajstić information content (AvgIpc) is 2.57. The van der Waals surface area contributed by atoms with Gasteiger partial charge in [0.15, 0.2) is 5.58 Å². The van der Waals surface area contributed by atoms with Crippen LogP contribution < -0.4 is 0 Å². The summed E-state index contributed by atoms with van der Waals surface area (Å²) in [5, 5.41) is 0. The third-order valence-corrected chi connectivity index (χ3v) is 2.21. The fourth-order valence-electron chi connectivity index (χ4n) is 1.24. The Labute approximate surface area is 94.4 Å². The summed E-state index contributed by atoms with van der Waals surface area (Å²) in [4.78, 5) is 15.9. The van der Waals surface area contributed by atoms with Crippen LogP contribution in [0.4, 0.5) is 0 Å². The Morgan fingerprint density at radius 3 is 3.13 bits per heavy atom. The Balaban J connectivity index is 2.41. The smallest absolute Gasteiger partial charge is 0.338 e. The highest BCUT2D eigenvalue weighted by Crippen LogP contribution is 2.20. The van der Waals surface area contributed by atoms with Gasteiger partial charge in [0.05, 0.1) is 12.2 Å². The summed E-state index contributed by atoms with van der Waals surface area (Å²) in [6.07, 6.45) is 0. The molecule has 0 fully saturated rings. The number of halogens is 1. The zero-order valence-electron chi connectivity index (χ0n) is 7.99. The fraction of sp³-hybridized carbons (Fsp3) is 0.200. The van der Waals surface area contributed by atoms with Gasteiger partial charge in [-0.25, -0.2) is 9.78 Å². The van der Waals surface area contributed by atoms with Crippen LogP contribution in [-0.4, -0.2) is 17.6 Å². The SMILES string of the molecule is CCOC(=O)c1ccc2oc(Br)nc2c1. The number of hydrogen-bond acceptors (Lipinski definition) is 4. The summed E-state index contributed by atoms with van der Waals surface area (Å²) in [6, 6.07) is 4.98. The first-order chi connectivity index (χ1) is 7.20. The molecule has 1 heterocycles. The maximum atomic E-state index is 11.4. The minimum Gasteiger partial charge on any atom is -0.462 e. The van der Waals surface area contributed by atoms with Crippen LogP contribution in [0, 0.1) is 0 Å². The molecule has 1 aromatic heterocycles. The highest BCUT2D eigenvalue weighted by molar-refractivity contribution is 9.10. The summed E-state index contributed by atoms with van der Waals surface area (Å²) in [5.74, 6) is -0.349. The van der Waals surface area contributed by atoms with E-state index in [2.05, 4.69) is 20.9 Å². The molecule has 1 aromatic carbocycles. The van der Waals surface area contributed by atoms with Gasteiger partial charge in [0, 0.05) is 15.9 Å². The zero-order chi connectivity index (χ0) is 10.8. The van der Waals surface area contributed by atoms with Crippen molar-refractivity contribution in [1.82, 2.24) is 4.98 Å². The molecule has 2 rings (SSSR count). The van der Waals surface area contributed by atoms with Gasteiger partial charge in [0.2, 0.25) is 0 Å². The molecule has 0 atom stereocenters. The third-order valence-electron chi connectivity index (χ3n) is 1.87. The van der Waals surface area contributed by atoms with Crippen LogP contribution in [-0.2, 0) is 4.74 Å². The number of carbonyl (C=O) groups is 1. The van der Waals surface area contributed by atoms with E-state index >= 15 is 0 Å². The molecule has 0 N–H and O–H groups in total. The van der Waals surface area contributed by atoms with Crippen molar-refractivity contribution in [3.8, 4) is 0 Å². The van der Waals surface area contributed by atoms with E-state index in [1.54, 1.807) is 25.1 Å². The second-order valence-corrected chi connectivity index (χ2v) is 3.55. The van der Waals surface area contributed by atoms with E-state index in [1.165, 1.54) is 0 Å². The highest BCUT2D eigenvalue weighted by atomic mass is 79.9. The first kappa shape index (κ1) is 10.2. The van der Waals surface area contributed by atoms with E-state index in [4.69, 9.17) is 9.15 Å². The average molecular weight is 270 g/mol. The molecular formula is C10H8BrNO3. The maximum absolute atomic E-state index is 11.4. The van der Waals surface area contributed by atoms with Gasteiger partial charge in [-0.3, -0.25) is 0 Å². The van der Waals surface area contributed by atoms with Crippen LogP contribution in [0.25, 0.3) is 11.1 Å². The standard InChI is InChI=1S/C10H8BrNO3/c1-2-14-9(13)6-3-4-8-7(5-6)12-10(11)15-8/h3-5H,2H2,1H3. The number of fused-ring (bicyclic) bond motifs is 1. The van der Waals surface area contributed by atoms with E-state index in [-0.39, 0.29) is 5.97 Å². The van der Waals surface area contributed by atoms with Crippen molar-refractivity contribution in [3.05, 3.63) is 28.6 Å². The number of nitrogens with zero attached hydrogens (tertiary/aromatic N) is 1. The summed E-state index contributed by atoms with van der Waals surface area (Å²) < 4.78 is 10.1. The van der Waals surface area contributed by atoms with Gasteiger partial charge in [-0.1, -0.05) is 0 Å². The molecule has 78 valence electrons. The summed E-state index contributed by atoms with van der Waals surface area (Å²) in [5.41, 5.74) is 1.74. The van der Waals surface area contributed by atoms with E-state index in [0.29, 0.717) is 28.1 Å². The predicted molar refractivity (Wildman–Crippen MR) is 57.7 cm³/mol. The maximum Gasteiger partial charge on any atom is 0.338 e. The molecule has 0 saturated heterocycles. The number of oxazole rings is 1. The van der Waals surface area contributed by atoms with Gasteiger partial charge in [0.25, 0.3) is 4.80 Å². The number of aromatic nitrogens is 1. The van der Waals surface area contributed by atoms with Crippen molar-refractivity contribution in [2.45, 2.75) is 6.92 Å². The van der Waals surface area contributed by atoms with E-state index < -0.39 is 0 Å². The topological polar surface area (TPSA) is 52.3 Å². The number of carbonyl (C=O) groups excluding carboxylic acids is 1. The number of benzene rings is 1. The number of esters is 1. The van der Waals surface area contributed by atoms with Gasteiger partial charge in [-0.15, -0.1) is 0 Å². The molecule has 0 aliphatic rings. The first-order valence-electron chi connectivity index (χ1n) is 4.44. The molecule has 0 amide bonds. The molecule has 0 aliphatic heterocycles. The summed E-state index contributed by atoms with van der Waals surface area (Å²) in [7, 11) is 0. The predicted octanol–water partition coefficient (Wildman–Crippen LogP) is 2.77. The number of hydrogen-bond donors (Lipinski definition) is 0. The third kappa shape index (κ3) is 2.02. The van der Waals surface area contributed by atoms with Gasteiger partial charge in [-0.05, 0) is 25.1 Å². The second kappa shape index (κ2) is 4.02. The Hall–Kier alpha value is -1.36. The molecule has 0 bridgehead atoms. The van der Waals surface area contributed by atoms with Crippen molar-refractivity contribution >= 4 is 33.0 Å². The van der Waals surface area contributed by atoms with Crippen LogP contribution in [0.2, 0.25) is 0 Å². The highest BCUT2D eigenvalue weighted by Gasteiger charge is 2.09. The molecule has 0 saturated carbocycles. The Kier molecular flexibility index (Phi) is 2.73. The molecule has 0 aliphatic carbocycles. The van der Waals surface area contributed by atoms with Crippen molar-refractivity contribution in [3.63, 3.8) is 0 Å². The normalized spacial score (nSPS) is 10.5. The molecule has 4 nitrogen and oxygen atoms in total. The van der Waals surface area contributed by atoms with Gasteiger partial charge >= 0.3 is 5.97 Å². The van der Waals surface area contributed by atoms with Crippen LogP contribution >= 0.6 is 15.9 Å². The van der Waals surface area contributed by atoms with Gasteiger partial charge in [-0.2, -0.15) is 0 Å².